The third-order valence-electron chi connectivity index (χ3n) is 2.75. The van der Waals surface area contributed by atoms with Gasteiger partial charge in [0.15, 0.2) is 0 Å². The van der Waals surface area contributed by atoms with Crippen molar-refractivity contribution in [1.29, 1.82) is 0 Å². The van der Waals surface area contributed by atoms with E-state index < -0.39 is 0 Å². The molecule has 1 saturated heterocycles. The predicted octanol–water partition coefficient (Wildman–Crippen LogP) is 2.47. The summed E-state index contributed by atoms with van der Waals surface area (Å²) >= 11 is 5.32. The Morgan fingerprint density at radius 3 is 3.14 bits per heavy atom. The first-order valence-corrected chi connectivity index (χ1v) is 6.55. The molecular formula is C10H14BrNOS. The van der Waals surface area contributed by atoms with Crippen LogP contribution in [0.25, 0.3) is 0 Å². The average molecular weight is 276 g/mol. The minimum Gasteiger partial charge on any atom is -0.395 e. The molecule has 1 N–H and O–H groups in total. The van der Waals surface area contributed by atoms with Crippen molar-refractivity contribution in [3.05, 3.63) is 20.8 Å². The number of hydrogen-bond acceptors (Lipinski definition) is 3. The fourth-order valence-electron chi connectivity index (χ4n) is 1.93. The number of rotatable bonds is 3. The minimum absolute atomic E-state index is 0.295. The number of likely N-dealkylation sites (tertiary alicyclic amines) is 1. The van der Waals surface area contributed by atoms with Crippen LogP contribution in [0, 0.1) is 0 Å². The van der Waals surface area contributed by atoms with E-state index in [1.807, 2.05) is 0 Å². The van der Waals surface area contributed by atoms with E-state index in [9.17, 15) is 5.11 Å². The molecule has 14 heavy (non-hydrogen) atoms. The standard InChI is InChI=1S/C10H14BrNOS/c11-9-3-5-14-10(9)6-12-4-1-2-8(12)7-13/h3,5,8,13H,1-2,4,6-7H2/t8-/m0/s1. The minimum atomic E-state index is 0.295. The highest BCUT2D eigenvalue weighted by molar-refractivity contribution is 9.10. The lowest BCUT2D eigenvalue weighted by atomic mass is 10.2. The number of thiophene rings is 1. The highest BCUT2D eigenvalue weighted by atomic mass is 79.9. The Morgan fingerprint density at radius 1 is 1.64 bits per heavy atom. The summed E-state index contributed by atoms with van der Waals surface area (Å²) in [5, 5.41) is 11.3. The first-order valence-electron chi connectivity index (χ1n) is 4.88. The van der Waals surface area contributed by atoms with Gasteiger partial charge in [0.25, 0.3) is 0 Å². The van der Waals surface area contributed by atoms with E-state index in [2.05, 4.69) is 32.3 Å². The smallest absolute Gasteiger partial charge is 0.0587 e. The van der Waals surface area contributed by atoms with Gasteiger partial charge >= 0.3 is 0 Å². The molecule has 0 saturated carbocycles. The van der Waals surface area contributed by atoms with E-state index in [4.69, 9.17) is 0 Å². The monoisotopic (exact) mass is 275 g/mol. The van der Waals surface area contributed by atoms with Gasteiger partial charge < -0.3 is 5.11 Å². The molecule has 2 heterocycles. The summed E-state index contributed by atoms with van der Waals surface area (Å²) in [5.41, 5.74) is 0. The highest BCUT2D eigenvalue weighted by Gasteiger charge is 2.24. The van der Waals surface area contributed by atoms with Gasteiger partial charge in [0.1, 0.15) is 0 Å². The molecule has 2 nitrogen and oxygen atoms in total. The summed E-state index contributed by atoms with van der Waals surface area (Å²) in [4.78, 5) is 3.74. The summed E-state index contributed by atoms with van der Waals surface area (Å²) in [6, 6.07) is 2.47. The van der Waals surface area contributed by atoms with Crippen LogP contribution in [0.5, 0.6) is 0 Å². The summed E-state index contributed by atoms with van der Waals surface area (Å²) in [6.07, 6.45) is 2.35. The second-order valence-electron chi connectivity index (χ2n) is 3.64. The van der Waals surface area contributed by atoms with Crippen LogP contribution in [0.3, 0.4) is 0 Å². The normalized spacial score (nSPS) is 23.1. The number of aliphatic hydroxyl groups is 1. The number of halogens is 1. The van der Waals surface area contributed by atoms with Crippen LogP contribution in [-0.4, -0.2) is 29.2 Å². The average Bonchev–Trinajstić information content (AvgIpc) is 2.77. The maximum Gasteiger partial charge on any atom is 0.0587 e. The molecule has 0 radical (unpaired) electrons. The fraction of sp³-hybridized carbons (Fsp3) is 0.600. The van der Waals surface area contributed by atoms with Crippen LogP contribution in [0.15, 0.2) is 15.9 Å². The van der Waals surface area contributed by atoms with Crippen molar-refractivity contribution in [2.24, 2.45) is 0 Å². The molecule has 2 rings (SSSR count). The van der Waals surface area contributed by atoms with Crippen LogP contribution in [-0.2, 0) is 6.54 Å². The predicted molar refractivity (Wildman–Crippen MR) is 62.5 cm³/mol. The molecule has 4 heteroatoms. The Balaban J connectivity index is 2.00. The van der Waals surface area contributed by atoms with Gasteiger partial charge in [0, 0.05) is 21.9 Å². The molecule has 78 valence electrons. The van der Waals surface area contributed by atoms with Crippen LogP contribution in [0.2, 0.25) is 0 Å². The van der Waals surface area contributed by atoms with Crippen molar-refractivity contribution in [3.8, 4) is 0 Å². The van der Waals surface area contributed by atoms with Gasteiger partial charge in [0.05, 0.1) is 6.61 Å². The second-order valence-corrected chi connectivity index (χ2v) is 5.50. The maximum absolute atomic E-state index is 9.18. The van der Waals surface area contributed by atoms with Crippen molar-refractivity contribution in [2.75, 3.05) is 13.2 Å². The van der Waals surface area contributed by atoms with E-state index in [1.165, 1.54) is 15.8 Å². The Morgan fingerprint density at radius 2 is 2.50 bits per heavy atom. The zero-order valence-corrected chi connectivity index (χ0v) is 10.4. The van der Waals surface area contributed by atoms with Crippen LogP contribution in [0.4, 0.5) is 0 Å². The van der Waals surface area contributed by atoms with Gasteiger partial charge in [-0.15, -0.1) is 11.3 Å². The summed E-state index contributed by atoms with van der Waals surface area (Å²) in [7, 11) is 0. The first kappa shape index (κ1) is 10.6. The molecule has 1 atom stereocenters. The fourth-order valence-corrected chi connectivity index (χ4v) is 3.43. The van der Waals surface area contributed by atoms with Crippen LogP contribution < -0.4 is 0 Å². The Bertz CT molecular complexity index is 302. The van der Waals surface area contributed by atoms with Crippen LogP contribution >= 0.6 is 27.3 Å². The lowest BCUT2D eigenvalue weighted by Crippen LogP contribution is -2.31. The quantitative estimate of drug-likeness (QED) is 0.916. The van der Waals surface area contributed by atoms with E-state index in [-0.39, 0.29) is 0 Å². The third-order valence-corrected chi connectivity index (χ3v) is 4.66. The zero-order valence-electron chi connectivity index (χ0n) is 7.95. The van der Waals surface area contributed by atoms with Gasteiger partial charge in [-0.3, -0.25) is 4.90 Å². The highest BCUT2D eigenvalue weighted by Crippen LogP contribution is 2.27. The van der Waals surface area contributed by atoms with Gasteiger partial charge in [0.2, 0.25) is 0 Å². The van der Waals surface area contributed by atoms with Crippen molar-refractivity contribution in [3.63, 3.8) is 0 Å². The van der Waals surface area contributed by atoms with Gasteiger partial charge in [-0.2, -0.15) is 0 Å². The third kappa shape index (κ3) is 2.19. The Kier molecular flexibility index (Phi) is 3.60. The van der Waals surface area contributed by atoms with Gasteiger partial charge in [-0.1, -0.05) is 0 Å². The molecule has 0 aromatic carbocycles. The molecule has 1 aliphatic rings. The van der Waals surface area contributed by atoms with Crippen molar-refractivity contribution in [1.82, 2.24) is 4.90 Å². The van der Waals surface area contributed by atoms with Crippen molar-refractivity contribution in [2.45, 2.75) is 25.4 Å². The maximum atomic E-state index is 9.18. The van der Waals surface area contributed by atoms with Crippen molar-refractivity contribution < 1.29 is 5.11 Å². The molecule has 0 bridgehead atoms. The van der Waals surface area contributed by atoms with Crippen molar-refractivity contribution >= 4 is 27.3 Å². The van der Waals surface area contributed by atoms with E-state index in [0.717, 1.165) is 19.5 Å². The Hall–Kier alpha value is 0.100. The number of aliphatic hydroxyl groups excluding tert-OH is 1. The lowest BCUT2D eigenvalue weighted by molar-refractivity contribution is 0.154. The number of nitrogens with zero attached hydrogens (tertiary/aromatic N) is 1. The van der Waals surface area contributed by atoms with Gasteiger partial charge in [-0.05, 0) is 46.8 Å². The topological polar surface area (TPSA) is 23.5 Å². The molecule has 1 fully saturated rings. The first-order chi connectivity index (χ1) is 6.81. The number of hydrogen-bond donors (Lipinski definition) is 1. The van der Waals surface area contributed by atoms with E-state index in [1.54, 1.807) is 11.3 Å². The molecule has 0 unspecified atom stereocenters. The largest absolute Gasteiger partial charge is 0.395 e. The molecular weight excluding hydrogens is 262 g/mol. The molecule has 0 aliphatic carbocycles. The zero-order chi connectivity index (χ0) is 9.97. The Labute approximate surface area is 96.7 Å². The second kappa shape index (κ2) is 4.75. The summed E-state index contributed by atoms with van der Waals surface area (Å²) in [5.74, 6) is 0. The molecule has 0 spiro atoms. The van der Waals surface area contributed by atoms with E-state index >= 15 is 0 Å². The van der Waals surface area contributed by atoms with Crippen LogP contribution in [0.1, 0.15) is 17.7 Å². The molecule has 1 aliphatic heterocycles. The summed E-state index contributed by atoms with van der Waals surface area (Å²) < 4.78 is 1.20. The molecule has 1 aromatic heterocycles. The van der Waals surface area contributed by atoms with E-state index in [0.29, 0.717) is 12.6 Å². The molecule has 1 aromatic rings. The lowest BCUT2D eigenvalue weighted by Gasteiger charge is -2.21. The summed E-state index contributed by atoms with van der Waals surface area (Å²) in [6.45, 7) is 2.39. The SMILES string of the molecule is OC[C@@H]1CCCN1Cc1sccc1Br. The van der Waals surface area contributed by atoms with Gasteiger partial charge in [-0.25, -0.2) is 0 Å². The molecule has 0 amide bonds.